The Morgan fingerprint density at radius 2 is 2.29 bits per heavy atom. The van der Waals surface area contributed by atoms with Crippen LogP contribution in [0.2, 0.25) is 0 Å². The van der Waals surface area contributed by atoms with Gasteiger partial charge in [-0.25, -0.2) is 9.78 Å². The van der Waals surface area contributed by atoms with Crippen LogP contribution in [0, 0.1) is 13.8 Å². The average molecular weight is 347 g/mol. The summed E-state index contributed by atoms with van der Waals surface area (Å²) in [6.45, 7) is 5.48. The third-order valence-electron chi connectivity index (χ3n) is 4.67. The summed E-state index contributed by atoms with van der Waals surface area (Å²) in [4.78, 5) is 19.0. The van der Waals surface area contributed by atoms with E-state index in [2.05, 4.69) is 20.5 Å². The number of aryl methyl sites for hydroxylation is 2. The van der Waals surface area contributed by atoms with Crippen LogP contribution in [0.3, 0.4) is 0 Å². The van der Waals surface area contributed by atoms with Crippen molar-refractivity contribution in [3.63, 3.8) is 0 Å². The Hall–Kier alpha value is -1.89. The van der Waals surface area contributed by atoms with Crippen LogP contribution in [0.25, 0.3) is 0 Å². The summed E-state index contributed by atoms with van der Waals surface area (Å²) in [6.07, 6.45) is 5.16. The van der Waals surface area contributed by atoms with Crippen LogP contribution in [0.15, 0.2) is 10.9 Å². The Labute approximate surface area is 146 Å². The number of H-pyrrole nitrogens is 1. The number of hydrogen-bond donors (Lipinski definition) is 2. The van der Waals surface area contributed by atoms with Gasteiger partial charge in [0.2, 0.25) is 0 Å². The fourth-order valence-electron chi connectivity index (χ4n) is 3.46. The molecular formula is C17H25N5OS. The standard InChI is InChI=1S/C17H25N5OS/c1-12-16(13(2)21-20-12)15-6-4-3-5-9-22(15)17(23)18-8-7-14-10-24-11-19-14/h10-11,15H,3-9H2,1-2H3,(H,18,23)(H,20,21)/t15-/m1/s1. The van der Waals surface area contributed by atoms with E-state index in [1.807, 2.05) is 29.6 Å². The van der Waals surface area contributed by atoms with E-state index in [0.29, 0.717) is 6.54 Å². The lowest BCUT2D eigenvalue weighted by molar-refractivity contribution is 0.175. The molecule has 1 aliphatic rings. The van der Waals surface area contributed by atoms with Crippen LogP contribution in [0.1, 0.15) is 54.4 Å². The van der Waals surface area contributed by atoms with Crippen molar-refractivity contribution in [3.8, 4) is 0 Å². The van der Waals surface area contributed by atoms with E-state index in [0.717, 1.165) is 49.3 Å². The highest BCUT2D eigenvalue weighted by atomic mass is 32.1. The van der Waals surface area contributed by atoms with Gasteiger partial charge in [-0.2, -0.15) is 5.10 Å². The first-order valence-corrected chi connectivity index (χ1v) is 9.54. The number of aromatic amines is 1. The highest BCUT2D eigenvalue weighted by Gasteiger charge is 2.29. The maximum atomic E-state index is 12.8. The molecule has 1 saturated heterocycles. The number of rotatable bonds is 4. The van der Waals surface area contributed by atoms with Crippen molar-refractivity contribution < 1.29 is 4.79 Å². The van der Waals surface area contributed by atoms with E-state index < -0.39 is 0 Å². The number of hydrogen-bond acceptors (Lipinski definition) is 4. The largest absolute Gasteiger partial charge is 0.338 e. The quantitative estimate of drug-likeness (QED) is 0.891. The average Bonchev–Trinajstić information content (AvgIpc) is 3.11. The summed E-state index contributed by atoms with van der Waals surface area (Å²) in [5.74, 6) is 0. The van der Waals surface area contributed by atoms with Crippen molar-refractivity contribution in [2.75, 3.05) is 13.1 Å². The summed E-state index contributed by atoms with van der Waals surface area (Å²) < 4.78 is 0. The highest BCUT2D eigenvalue weighted by Crippen LogP contribution is 2.33. The maximum Gasteiger partial charge on any atom is 0.317 e. The maximum absolute atomic E-state index is 12.8. The minimum absolute atomic E-state index is 0.0251. The number of carbonyl (C=O) groups is 1. The van der Waals surface area contributed by atoms with Gasteiger partial charge < -0.3 is 10.2 Å². The lowest BCUT2D eigenvalue weighted by atomic mass is 9.99. The molecule has 130 valence electrons. The SMILES string of the molecule is Cc1n[nH]c(C)c1[C@H]1CCCCCN1C(=O)NCCc1cscn1. The van der Waals surface area contributed by atoms with Gasteiger partial charge in [0.1, 0.15) is 0 Å². The lowest BCUT2D eigenvalue weighted by Crippen LogP contribution is -2.43. The number of nitrogens with one attached hydrogen (secondary N) is 2. The fourth-order valence-corrected chi connectivity index (χ4v) is 4.06. The molecule has 1 fully saturated rings. The molecule has 7 heteroatoms. The van der Waals surface area contributed by atoms with E-state index in [4.69, 9.17) is 0 Å². The molecule has 0 radical (unpaired) electrons. The van der Waals surface area contributed by atoms with Crippen molar-refractivity contribution in [1.29, 1.82) is 0 Å². The van der Waals surface area contributed by atoms with Gasteiger partial charge in [0, 0.05) is 36.1 Å². The van der Waals surface area contributed by atoms with Crippen molar-refractivity contribution in [1.82, 2.24) is 25.4 Å². The number of amides is 2. The zero-order valence-electron chi connectivity index (χ0n) is 14.3. The zero-order chi connectivity index (χ0) is 16.9. The summed E-state index contributed by atoms with van der Waals surface area (Å²) in [5.41, 5.74) is 6.12. The van der Waals surface area contributed by atoms with E-state index >= 15 is 0 Å². The molecule has 0 aromatic carbocycles. The second-order valence-electron chi connectivity index (χ2n) is 6.37. The summed E-state index contributed by atoms with van der Waals surface area (Å²) in [5, 5.41) is 12.5. The normalized spacial score (nSPS) is 18.4. The molecule has 2 N–H and O–H groups in total. The van der Waals surface area contributed by atoms with Gasteiger partial charge in [-0.05, 0) is 26.7 Å². The monoisotopic (exact) mass is 347 g/mol. The number of urea groups is 1. The highest BCUT2D eigenvalue weighted by molar-refractivity contribution is 7.07. The van der Waals surface area contributed by atoms with Crippen LogP contribution in [-0.2, 0) is 6.42 Å². The van der Waals surface area contributed by atoms with Crippen LogP contribution >= 0.6 is 11.3 Å². The Kier molecular flexibility index (Phi) is 5.50. The van der Waals surface area contributed by atoms with Crippen LogP contribution in [0.5, 0.6) is 0 Å². The summed E-state index contributed by atoms with van der Waals surface area (Å²) in [7, 11) is 0. The van der Waals surface area contributed by atoms with E-state index in [9.17, 15) is 4.79 Å². The van der Waals surface area contributed by atoms with Gasteiger partial charge >= 0.3 is 6.03 Å². The Morgan fingerprint density at radius 1 is 1.42 bits per heavy atom. The number of likely N-dealkylation sites (tertiary alicyclic amines) is 1. The predicted molar refractivity (Wildman–Crippen MR) is 95.2 cm³/mol. The molecule has 0 spiro atoms. The van der Waals surface area contributed by atoms with Crippen molar-refractivity contribution >= 4 is 17.4 Å². The van der Waals surface area contributed by atoms with Crippen molar-refractivity contribution in [3.05, 3.63) is 33.5 Å². The smallest absolute Gasteiger partial charge is 0.317 e. The molecule has 6 nitrogen and oxygen atoms in total. The Bertz CT molecular complexity index is 647. The van der Waals surface area contributed by atoms with Crippen LogP contribution in [-0.4, -0.2) is 39.2 Å². The Balaban J connectivity index is 1.68. The van der Waals surface area contributed by atoms with Crippen LogP contribution in [0.4, 0.5) is 4.79 Å². The second-order valence-corrected chi connectivity index (χ2v) is 7.09. The third kappa shape index (κ3) is 3.77. The molecule has 2 aromatic rings. The molecule has 3 heterocycles. The minimum atomic E-state index is 0.0251. The van der Waals surface area contributed by atoms with Gasteiger partial charge in [0.05, 0.1) is 22.9 Å². The predicted octanol–water partition coefficient (Wildman–Crippen LogP) is 3.35. The number of thiazole rings is 1. The molecule has 0 saturated carbocycles. The molecule has 1 aliphatic heterocycles. The number of aromatic nitrogens is 3. The zero-order valence-corrected chi connectivity index (χ0v) is 15.2. The number of carbonyl (C=O) groups excluding carboxylic acids is 1. The summed E-state index contributed by atoms with van der Waals surface area (Å²) >= 11 is 1.59. The molecule has 3 rings (SSSR count). The van der Waals surface area contributed by atoms with Gasteiger partial charge in [0.15, 0.2) is 0 Å². The van der Waals surface area contributed by atoms with Gasteiger partial charge in [-0.3, -0.25) is 5.10 Å². The second kappa shape index (κ2) is 7.79. The topological polar surface area (TPSA) is 73.9 Å². The van der Waals surface area contributed by atoms with Gasteiger partial charge in [-0.15, -0.1) is 11.3 Å². The molecule has 2 amide bonds. The molecule has 1 atom stereocenters. The van der Waals surface area contributed by atoms with E-state index in [1.54, 1.807) is 11.3 Å². The molecule has 0 bridgehead atoms. The lowest BCUT2D eigenvalue weighted by Gasteiger charge is -2.30. The Morgan fingerprint density at radius 3 is 3.00 bits per heavy atom. The fraction of sp³-hybridized carbons (Fsp3) is 0.588. The summed E-state index contributed by atoms with van der Waals surface area (Å²) in [6, 6.07) is 0.141. The first-order chi connectivity index (χ1) is 11.7. The van der Waals surface area contributed by atoms with Gasteiger partial charge in [0.25, 0.3) is 0 Å². The number of nitrogens with zero attached hydrogens (tertiary/aromatic N) is 3. The van der Waals surface area contributed by atoms with Crippen molar-refractivity contribution in [2.24, 2.45) is 0 Å². The third-order valence-corrected chi connectivity index (χ3v) is 5.31. The van der Waals surface area contributed by atoms with Crippen molar-refractivity contribution in [2.45, 2.75) is 52.0 Å². The molecular weight excluding hydrogens is 322 g/mol. The molecule has 24 heavy (non-hydrogen) atoms. The van der Waals surface area contributed by atoms with E-state index in [-0.39, 0.29) is 12.1 Å². The molecule has 0 unspecified atom stereocenters. The van der Waals surface area contributed by atoms with Gasteiger partial charge in [-0.1, -0.05) is 12.8 Å². The molecule has 0 aliphatic carbocycles. The van der Waals surface area contributed by atoms with E-state index in [1.165, 1.54) is 12.0 Å². The van der Waals surface area contributed by atoms with Crippen LogP contribution < -0.4 is 5.32 Å². The first-order valence-electron chi connectivity index (χ1n) is 8.60. The minimum Gasteiger partial charge on any atom is -0.338 e. The molecule has 2 aromatic heterocycles. The first kappa shape index (κ1) is 17.0.